The van der Waals surface area contributed by atoms with E-state index in [0.717, 1.165) is 6.54 Å². The molecule has 84 valence electrons. The summed E-state index contributed by atoms with van der Waals surface area (Å²) in [5, 5.41) is 18.0. The summed E-state index contributed by atoms with van der Waals surface area (Å²) >= 11 is 0. The lowest BCUT2D eigenvalue weighted by Crippen LogP contribution is -2.24. The van der Waals surface area contributed by atoms with Crippen LogP contribution in [0.5, 0.6) is 0 Å². The molecule has 0 unspecified atom stereocenters. The predicted molar refractivity (Wildman–Crippen MR) is 53.6 cm³/mol. The van der Waals surface area contributed by atoms with Crippen LogP contribution in [0.1, 0.15) is 18.1 Å². The molecule has 0 saturated carbocycles. The number of aromatic nitrogens is 2. The third kappa shape index (κ3) is 4.41. The van der Waals surface area contributed by atoms with Crippen molar-refractivity contribution in [2.24, 2.45) is 10.9 Å². The molecule has 0 spiro atoms. The molecule has 7 nitrogen and oxygen atoms in total. The molecule has 0 fully saturated rings. The van der Waals surface area contributed by atoms with Crippen molar-refractivity contribution in [2.75, 3.05) is 13.1 Å². The van der Waals surface area contributed by atoms with E-state index in [1.807, 2.05) is 0 Å². The highest BCUT2D eigenvalue weighted by atomic mass is 16.5. The first-order valence-electron chi connectivity index (χ1n) is 4.68. The van der Waals surface area contributed by atoms with Gasteiger partial charge < -0.3 is 20.8 Å². The summed E-state index contributed by atoms with van der Waals surface area (Å²) in [4.78, 5) is 4.05. The number of oxime groups is 1. The maximum absolute atomic E-state index is 8.27. The lowest BCUT2D eigenvalue weighted by Gasteiger charge is -2.00. The fourth-order valence-electron chi connectivity index (χ4n) is 1.03. The van der Waals surface area contributed by atoms with Crippen molar-refractivity contribution in [3.05, 3.63) is 11.7 Å². The molecule has 0 aliphatic rings. The molecule has 0 atom stereocenters. The number of amidine groups is 1. The second-order valence-corrected chi connectivity index (χ2v) is 3.07. The number of nitrogens with two attached hydrogens (primary N) is 1. The minimum absolute atomic E-state index is 0.220. The molecular formula is C8H15N5O2. The van der Waals surface area contributed by atoms with Crippen molar-refractivity contribution in [2.45, 2.75) is 19.8 Å². The fraction of sp³-hybridized carbons (Fsp3) is 0.625. The Balaban J connectivity index is 2.07. The zero-order valence-corrected chi connectivity index (χ0v) is 8.60. The van der Waals surface area contributed by atoms with E-state index in [-0.39, 0.29) is 5.84 Å². The molecule has 0 aromatic carbocycles. The summed E-state index contributed by atoms with van der Waals surface area (Å²) in [6.07, 6.45) is 1.22. The topological polar surface area (TPSA) is 110 Å². The van der Waals surface area contributed by atoms with Crippen molar-refractivity contribution >= 4 is 5.84 Å². The Labute approximate surface area is 87.3 Å². The molecule has 0 aliphatic heterocycles. The van der Waals surface area contributed by atoms with Crippen LogP contribution in [0.25, 0.3) is 0 Å². The van der Waals surface area contributed by atoms with Gasteiger partial charge in [-0.15, -0.1) is 0 Å². The molecule has 15 heavy (non-hydrogen) atoms. The van der Waals surface area contributed by atoms with Crippen LogP contribution in [-0.2, 0) is 6.42 Å². The van der Waals surface area contributed by atoms with Gasteiger partial charge in [-0.1, -0.05) is 10.3 Å². The van der Waals surface area contributed by atoms with Gasteiger partial charge in [0.1, 0.15) is 5.84 Å². The van der Waals surface area contributed by atoms with Crippen molar-refractivity contribution < 1.29 is 9.73 Å². The van der Waals surface area contributed by atoms with Crippen molar-refractivity contribution in [3.63, 3.8) is 0 Å². The third-order valence-electron chi connectivity index (χ3n) is 1.78. The molecule has 0 bridgehead atoms. The lowest BCUT2D eigenvalue weighted by molar-refractivity contribution is 0.316. The van der Waals surface area contributed by atoms with Gasteiger partial charge in [0, 0.05) is 32.9 Å². The van der Waals surface area contributed by atoms with Crippen molar-refractivity contribution in [1.29, 1.82) is 0 Å². The maximum Gasteiger partial charge on any atom is 0.223 e. The van der Waals surface area contributed by atoms with Gasteiger partial charge in [0.05, 0.1) is 0 Å². The Morgan fingerprint density at radius 2 is 2.40 bits per heavy atom. The normalized spacial score (nSPS) is 11.9. The molecule has 0 aliphatic carbocycles. The van der Waals surface area contributed by atoms with Crippen LogP contribution in [0, 0.1) is 6.92 Å². The highest BCUT2D eigenvalue weighted by Crippen LogP contribution is 1.94. The van der Waals surface area contributed by atoms with Gasteiger partial charge in [-0.3, -0.25) is 0 Å². The SMILES string of the molecule is Cc1nc(CCNCCC(N)=NO)no1. The fourth-order valence-corrected chi connectivity index (χ4v) is 1.03. The summed E-state index contributed by atoms with van der Waals surface area (Å²) in [7, 11) is 0. The van der Waals surface area contributed by atoms with Gasteiger partial charge in [-0.05, 0) is 0 Å². The third-order valence-corrected chi connectivity index (χ3v) is 1.78. The van der Waals surface area contributed by atoms with Gasteiger partial charge >= 0.3 is 0 Å². The molecule has 0 amide bonds. The minimum atomic E-state index is 0.220. The average molecular weight is 213 g/mol. The lowest BCUT2D eigenvalue weighted by atomic mass is 10.3. The smallest absolute Gasteiger partial charge is 0.223 e. The highest BCUT2D eigenvalue weighted by molar-refractivity contribution is 5.79. The number of hydrogen-bond acceptors (Lipinski definition) is 6. The number of aryl methyl sites for hydroxylation is 1. The van der Waals surface area contributed by atoms with E-state index in [1.54, 1.807) is 6.92 Å². The molecule has 7 heteroatoms. The van der Waals surface area contributed by atoms with E-state index in [9.17, 15) is 0 Å². The molecule has 4 N–H and O–H groups in total. The zero-order chi connectivity index (χ0) is 11.1. The number of hydrogen-bond donors (Lipinski definition) is 3. The first-order valence-corrected chi connectivity index (χ1v) is 4.68. The second-order valence-electron chi connectivity index (χ2n) is 3.07. The first-order chi connectivity index (χ1) is 7.22. The van der Waals surface area contributed by atoms with Gasteiger partial charge in [-0.2, -0.15) is 4.98 Å². The summed E-state index contributed by atoms with van der Waals surface area (Å²) in [6, 6.07) is 0. The minimum Gasteiger partial charge on any atom is -0.409 e. The van der Waals surface area contributed by atoms with Crippen LogP contribution < -0.4 is 11.1 Å². The standard InChI is InChI=1S/C8H15N5O2/c1-6-11-8(13-15-6)3-5-10-4-2-7(9)12-14/h10,14H,2-5H2,1H3,(H2,9,12). The zero-order valence-electron chi connectivity index (χ0n) is 8.60. The average Bonchev–Trinajstić information content (AvgIpc) is 2.63. The summed E-state index contributed by atoms with van der Waals surface area (Å²) < 4.78 is 4.82. The summed E-state index contributed by atoms with van der Waals surface area (Å²) in [5.41, 5.74) is 5.29. The van der Waals surface area contributed by atoms with Crippen molar-refractivity contribution in [3.8, 4) is 0 Å². The van der Waals surface area contributed by atoms with Crippen molar-refractivity contribution in [1.82, 2.24) is 15.5 Å². The van der Waals surface area contributed by atoms with Crippen LogP contribution in [0.4, 0.5) is 0 Å². The Morgan fingerprint density at radius 3 is 3.00 bits per heavy atom. The van der Waals surface area contributed by atoms with E-state index in [2.05, 4.69) is 20.6 Å². The Kier molecular flexibility index (Phi) is 4.55. The molecular weight excluding hydrogens is 198 g/mol. The quantitative estimate of drug-likeness (QED) is 0.196. The Hall–Kier alpha value is -1.63. The summed E-state index contributed by atoms with van der Waals surface area (Å²) in [5.74, 6) is 1.48. The van der Waals surface area contributed by atoms with Gasteiger partial charge in [0.25, 0.3) is 0 Å². The van der Waals surface area contributed by atoms with Gasteiger partial charge in [-0.25, -0.2) is 0 Å². The Bertz CT molecular complexity index is 323. The predicted octanol–water partition coefficient (Wildman–Crippen LogP) is -0.353. The van der Waals surface area contributed by atoms with E-state index >= 15 is 0 Å². The van der Waals surface area contributed by atoms with Crippen LogP contribution in [0.3, 0.4) is 0 Å². The van der Waals surface area contributed by atoms with Crippen LogP contribution in [0.15, 0.2) is 9.68 Å². The van der Waals surface area contributed by atoms with Crippen LogP contribution in [0.2, 0.25) is 0 Å². The largest absolute Gasteiger partial charge is 0.409 e. The molecule has 1 rings (SSSR count). The second kappa shape index (κ2) is 5.97. The highest BCUT2D eigenvalue weighted by Gasteiger charge is 2.00. The number of nitrogens with one attached hydrogen (secondary N) is 1. The monoisotopic (exact) mass is 213 g/mol. The Morgan fingerprint density at radius 1 is 1.60 bits per heavy atom. The van der Waals surface area contributed by atoms with Crippen LogP contribution >= 0.6 is 0 Å². The van der Waals surface area contributed by atoms with Gasteiger partial charge in [0.15, 0.2) is 5.82 Å². The van der Waals surface area contributed by atoms with Crippen LogP contribution in [-0.4, -0.2) is 34.3 Å². The molecule has 0 radical (unpaired) electrons. The first kappa shape index (κ1) is 11.4. The molecule has 0 saturated heterocycles. The molecule has 1 aromatic heterocycles. The molecule has 1 aromatic rings. The van der Waals surface area contributed by atoms with E-state index in [1.165, 1.54) is 0 Å². The maximum atomic E-state index is 8.27. The summed E-state index contributed by atoms with van der Waals surface area (Å²) in [6.45, 7) is 3.15. The van der Waals surface area contributed by atoms with E-state index in [0.29, 0.717) is 31.1 Å². The molecule has 1 heterocycles. The van der Waals surface area contributed by atoms with E-state index in [4.69, 9.17) is 15.5 Å². The number of nitrogens with zero attached hydrogens (tertiary/aromatic N) is 3. The van der Waals surface area contributed by atoms with E-state index < -0.39 is 0 Å². The number of rotatable bonds is 6. The van der Waals surface area contributed by atoms with Gasteiger partial charge in [0.2, 0.25) is 5.89 Å².